The van der Waals surface area contributed by atoms with Gasteiger partial charge in [0.2, 0.25) is 5.91 Å². The van der Waals surface area contributed by atoms with Crippen molar-refractivity contribution < 1.29 is 14.3 Å². The Hall–Kier alpha value is -1.88. The molecule has 0 radical (unpaired) electrons. The predicted molar refractivity (Wildman–Crippen MR) is 80.6 cm³/mol. The first-order valence-corrected chi connectivity index (χ1v) is 7.24. The molecule has 1 aromatic rings. The van der Waals surface area contributed by atoms with E-state index in [4.69, 9.17) is 4.74 Å². The van der Waals surface area contributed by atoms with Gasteiger partial charge in [-0.2, -0.15) is 0 Å². The first kappa shape index (κ1) is 15.5. The van der Waals surface area contributed by atoms with Crippen molar-refractivity contribution in [1.29, 1.82) is 0 Å². The van der Waals surface area contributed by atoms with Crippen LogP contribution in [-0.4, -0.2) is 61.8 Å². The highest BCUT2D eigenvalue weighted by molar-refractivity contribution is 6.00. The number of rotatable bonds is 6. The Bertz CT molecular complexity index is 510. The van der Waals surface area contributed by atoms with Gasteiger partial charge in [0.05, 0.1) is 25.8 Å². The summed E-state index contributed by atoms with van der Waals surface area (Å²) in [6, 6.07) is 7.15. The van der Waals surface area contributed by atoms with Gasteiger partial charge >= 0.3 is 0 Å². The summed E-state index contributed by atoms with van der Waals surface area (Å²) in [6.07, 6.45) is 2.16. The first-order chi connectivity index (χ1) is 10.1. The van der Waals surface area contributed by atoms with Gasteiger partial charge in [-0.1, -0.05) is 12.1 Å². The minimum atomic E-state index is -0.0378. The Balaban J connectivity index is 1.91. The SMILES string of the molecule is COc1ccccc1C(=O)CN(C)CC(=O)N1CCCC1. The molecule has 0 atom stereocenters. The van der Waals surface area contributed by atoms with Crippen molar-refractivity contribution in [1.82, 2.24) is 9.80 Å². The molecule has 1 aliphatic heterocycles. The van der Waals surface area contributed by atoms with Gasteiger partial charge in [0.25, 0.3) is 0 Å². The molecule has 21 heavy (non-hydrogen) atoms. The largest absolute Gasteiger partial charge is 0.496 e. The van der Waals surface area contributed by atoms with Gasteiger partial charge < -0.3 is 9.64 Å². The summed E-state index contributed by atoms with van der Waals surface area (Å²) in [5, 5.41) is 0. The summed E-state index contributed by atoms with van der Waals surface area (Å²) in [4.78, 5) is 28.0. The number of hydrogen-bond donors (Lipinski definition) is 0. The number of ketones is 1. The molecule has 0 unspecified atom stereocenters. The Morgan fingerprint density at radius 2 is 1.86 bits per heavy atom. The summed E-state index contributed by atoms with van der Waals surface area (Å²) in [5.41, 5.74) is 0.556. The Morgan fingerprint density at radius 1 is 1.19 bits per heavy atom. The second-order valence-corrected chi connectivity index (χ2v) is 5.38. The van der Waals surface area contributed by atoms with Crippen LogP contribution in [0.4, 0.5) is 0 Å². The van der Waals surface area contributed by atoms with Crippen LogP contribution in [0.3, 0.4) is 0 Å². The van der Waals surface area contributed by atoms with Gasteiger partial charge in [-0.25, -0.2) is 0 Å². The molecule has 1 saturated heterocycles. The number of carbonyl (C=O) groups is 2. The van der Waals surface area contributed by atoms with Crippen LogP contribution in [0.15, 0.2) is 24.3 Å². The monoisotopic (exact) mass is 290 g/mol. The first-order valence-electron chi connectivity index (χ1n) is 7.24. The number of amides is 1. The van der Waals surface area contributed by atoms with Gasteiger partial charge in [0, 0.05) is 13.1 Å². The summed E-state index contributed by atoms with van der Waals surface area (Å²) in [6.45, 7) is 2.17. The third-order valence-electron chi connectivity index (χ3n) is 3.68. The number of Topliss-reactive ketones (excluding diaryl/α,β-unsaturated/α-hetero) is 1. The van der Waals surface area contributed by atoms with Crippen molar-refractivity contribution in [3.63, 3.8) is 0 Å². The quantitative estimate of drug-likeness (QED) is 0.744. The van der Waals surface area contributed by atoms with Gasteiger partial charge in [0.15, 0.2) is 5.78 Å². The fraction of sp³-hybridized carbons (Fsp3) is 0.500. The average Bonchev–Trinajstić information content (AvgIpc) is 3.01. The number of methoxy groups -OCH3 is 1. The molecule has 0 N–H and O–H groups in total. The minimum absolute atomic E-state index is 0.0378. The second kappa shape index (κ2) is 7.22. The zero-order valence-electron chi connectivity index (χ0n) is 12.7. The van der Waals surface area contributed by atoms with Crippen molar-refractivity contribution in [2.24, 2.45) is 0 Å². The fourth-order valence-electron chi connectivity index (χ4n) is 2.56. The topological polar surface area (TPSA) is 49.9 Å². The van der Waals surface area contributed by atoms with E-state index in [9.17, 15) is 9.59 Å². The second-order valence-electron chi connectivity index (χ2n) is 5.38. The molecule has 1 fully saturated rings. The van der Waals surface area contributed by atoms with E-state index in [1.54, 1.807) is 31.2 Å². The van der Waals surface area contributed by atoms with E-state index >= 15 is 0 Å². The number of likely N-dealkylation sites (N-methyl/N-ethyl adjacent to an activating group) is 1. The minimum Gasteiger partial charge on any atom is -0.496 e. The van der Waals surface area contributed by atoms with Gasteiger partial charge in [-0.05, 0) is 32.0 Å². The highest BCUT2D eigenvalue weighted by atomic mass is 16.5. The molecule has 1 amide bonds. The third kappa shape index (κ3) is 4.04. The lowest BCUT2D eigenvalue weighted by molar-refractivity contribution is -0.130. The molecule has 0 bridgehead atoms. The van der Waals surface area contributed by atoms with Crippen LogP contribution < -0.4 is 4.74 Å². The molecule has 0 aromatic heterocycles. The highest BCUT2D eigenvalue weighted by Gasteiger charge is 2.20. The van der Waals surface area contributed by atoms with Crippen molar-refractivity contribution in [2.75, 3.05) is 40.3 Å². The van der Waals surface area contributed by atoms with E-state index in [2.05, 4.69) is 0 Å². The van der Waals surface area contributed by atoms with E-state index < -0.39 is 0 Å². The zero-order valence-corrected chi connectivity index (χ0v) is 12.7. The highest BCUT2D eigenvalue weighted by Crippen LogP contribution is 2.18. The van der Waals surface area contributed by atoms with Crippen molar-refractivity contribution in [3.05, 3.63) is 29.8 Å². The van der Waals surface area contributed by atoms with Crippen LogP contribution in [0.2, 0.25) is 0 Å². The normalized spacial score (nSPS) is 14.5. The van der Waals surface area contributed by atoms with E-state index in [0.29, 0.717) is 11.3 Å². The molecule has 2 rings (SSSR count). The molecule has 1 aliphatic rings. The number of likely N-dealkylation sites (tertiary alicyclic amines) is 1. The number of ether oxygens (including phenoxy) is 1. The molecule has 0 aliphatic carbocycles. The van der Waals surface area contributed by atoms with Crippen molar-refractivity contribution in [2.45, 2.75) is 12.8 Å². The molecule has 1 aromatic carbocycles. The number of benzene rings is 1. The molecule has 114 valence electrons. The molecular weight excluding hydrogens is 268 g/mol. The van der Waals surface area contributed by atoms with Crippen LogP contribution in [0.5, 0.6) is 5.75 Å². The molecule has 5 heteroatoms. The zero-order chi connectivity index (χ0) is 15.2. The lowest BCUT2D eigenvalue weighted by Crippen LogP contribution is -2.39. The van der Waals surface area contributed by atoms with Crippen LogP contribution in [-0.2, 0) is 4.79 Å². The van der Waals surface area contributed by atoms with Crippen LogP contribution in [0.1, 0.15) is 23.2 Å². The van der Waals surface area contributed by atoms with E-state index in [0.717, 1.165) is 25.9 Å². The standard InChI is InChI=1S/C16H22N2O3/c1-17(12-16(20)18-9-5-6-10-18)11-14(19)13-7-3-4-8-15(13)21-2/h3-4,7-8H,5-6,9-12H2,1-2H3. The fourth-order valence-corrected chi connectivity index (χ4v) is 2.56. The van der Waals surface area contributed by atoms with Crippen molar-refractivity contribution >= 4 is 11.7 Å². The number of hydrogen-bond acceptors (Lipinski definition) is 4. The molecule has 1 heterocycles. The average molecular weight is 290 g/mol. The van der Waals surface area contributed by atoms with Crippen molar-refractivity contribution in [3.8, 4) is 5.75 Å². The van der Waals surface area contributed by atoms with Crippen LogP contribution in [0, 0.1) is 0 Å². The Morgan fingerprint density at radius 3 is 2.52 bits per heavy atom. The van der Waals surface area contributed by atoms with Crippen LogP contribution >= 0.6 is 0 Å². The van der Waals surface area contributed by atoms with Gasteiger partial charge in [0.1, 0.15) is 5.75 Å². The van der Waals surface area contributed by atoms with Gasteiger partial charge in [-0.3, -0.25) is 14.5 Å². The Kier molecular flexibility index (Phi) is 5.33. The third-order valence-corrected chi connectivity index (χ3v) is 3.68. The molecular formula is C16H22N2O3. The summed E-state index contributed by atoms with van der Waals surface area (Å²) >= 11 is 0. The maximum absolute atomic E-state index is 12.3. The predicted octanol–water partition coefficient (Wildman–Crippen LogP) is 1.43. The van der Waals surface area contributed by atoms with Gasteiger partial charge in [-0.15, -0.1) is 0 Å². The van der Waals surface area contributed by atoms with E-state index in [1.165, 1.54) is 0 Å². The molecule has 5 nitrogen and oxygen atoms in total. The maximum Gasteiger partial charge on any atom is 0.236 e. The summed E-state index contributed by atoms with van der Waals surface area (Å²) in [7, 11) is 3.34. The maximum atomic E-state index is 12.3. The van der Waals surface area contributed by atoms with E-state index in [1.807, 2.05) is 17.0 Å². The lowest BCUT2D eigenvalue weighted by Gasteiger charge is -2.20. The number of nitrogens with zero attached hydrogens (tertiary/aromatic N) is 2. The molecule has 0 saturated carbocycles. The van der Waals surface area contributed by atoms with E-state index in [-0.39, 0.29) is 24.8 Å². The van der Waals surface area contributed by atoms with Crippen LogP contribution in [0.25, 0.3) is 0 Å². The summed E-state index contributed by atoms with van der Waals surface area (Å²) in [5.74, 6) is 0.633. The smallest absolute Gasteiger partial charge is 0.236 e. The number of carbonyl (C=O) groups excluding carboxylic acids is 2. The summed E-state index contributed by atoms with van der Waals surface area (Å²) < 4.78 is 5.20. The Labute approximate surface area is 125 Å². The number of para-hydroxylation sites is 1. The molecule has 0 spiro atoms. The lowest BCUT2D eigenvalue weighted by atomic mass is 10.1.